The third kappa shape index (κ3) is 2.35. The van der Waals surface area contributed by atoms with Crippen molar-refractivity contribution in [1.82, 2.24) is 0 Å². The van der Waals surface area contributed by atoms with Crippen LogP contribution in [0.1, 0.15) is 18.4 Å². The second kappa shape index (κ2) is 4.42. The summed E-state index contributed by atoms with van der Waals surface area (Å²) in [5.74, 6) is 0. The van der Waals surface area contributed by atoms with Gasteiger partial charge in [-0.25, -0.2) is 4.39 Å². The fraction of sp³-hybridized carbons (Fsp3) is 0.538. The molecule has 88 valence electrons. The highest BCUT2D eigenvalue weighted by molar-refractivity contribution is 5.47. The summed E-state index contributed by atoms with van der Waals surface area (Å²) >= 11 is 0. The summed E-state index contributed by atoms with van der Waals surface area (Å²) in [5, 5.41) is 8.95. The Labute approximate surface area is 95.7 Å². The van der Waals surface area contributed by atoms with Crippen LogP contribution >= 0.6 is 0 Å². The number of aliphatic hydroxyl groups excluding tert-OH is 1. The predicted molar refractivity (Wildman–Crippen MR) is 63.6 cm³/mol. The van der Waals surface area contributed by atoms with Gasteiger partial charge in [0.15, 0.2) is 0 Å². The van der Waals surface area contributed by atoms with Crippen LogP contribution < -0.4 is 4.90 Å². The number of anilines is 1. The van der Waals surface area contributed by atoms with Crippen LogP contribution in [0.5, 0.6) is 0 Å². The van der Waals surface area contributed by atoms with Crippen LogP contribution in [0.3, 0.4) is 0 Å². The van der Waals surface area contributed by atoms with E-state index in [4.69, 9.17) is 5.11 Å². The molecule has 1 fully saturated rings. The van der Waals surface area contributed by atoms with Crippen LogP contribution in [0.25, 0.3) is 0 Å². The molecule has 1 saturated heterocycles. The maximum absolute atomic E-state index is 13.8. The normalized spacial score (nSPS) is 19.8. The molecule has 1 heterocycles. The van der Waals surface area contributed by atoms with E-state index in [0.717, 1.165) is 5.69 Å². The van der Waals surface area contributed by atoms with Crippen LogP contribution in [0.2, 0.25) is 0 Å². The van der Waals surface area contributed by atoms with Gasteiger partial charge >= 0.3 is 0 Å². The van der Waals surface area contributed by atoms with Gasteiger partial charge in [0.2, 0.25) is 0 Å². The fourth-order valence-electron chi connectivity index (χ4n) is 2.08. The molecule has 0 bridgehead atoms. The Kier molecular flexibility index (Phi) is 3.15. The Morgan fingerprint density at radius 3 is 2.31 bits per heavy atom. The van der Waals surface area contributed by atoms with Crippen molar-refractivity contribution in [3.8, 4) is 0 Å². The second-order valence-corrected chi connectivity index (χ2v) is 4.63. The van der Waals surface area contributed by atoms with Gasteiger partial charge in [-0.3, -0.25) is 0 Å². The molecule has 1 N–H and O–H groups in total. The molecule has 16 heavy (non-hydrogen) atoms. The number of rotatable bonds is 2. The number of piperidine rings is 1. The van der Waals surface area contributed by atoms with Crippen molar-refractivity contribution in [1.29, 1.82) is 0 Å². The third-order valence-corrected chi connectivity index (χ3v) is 3.34. The van der Waals surface area contributed by atoms with Crippen LogP contribution in [0.15, 0.2) is 24.3 Å². The molecule has 3 heteroatoms. The monoisotopic (exact) mass is 223 g/mol. The number of aryl methyl sites for hydroxylation is 1. The largest absolute Gasteiger partial charge is 0.393 e. The average molecular weight is 223 g/mol. The van der Waals surface area contributed by atoms with E-state index in [1.54, 1.807) is 0 Å². The third-order valence-electron chi connectivity index (χ3n) is 3.34. The highest BCUT2D eigenvalue weighted by Crippen LogP contribution is 2.28. The lowest BCUT2D eigenvalue weighted by Crippen LogP contribution is -2.43. The molecule has 1 aromatic carbocycles. The number of nitrogens with zero attached hydrogens (tertiary/aromatic N) is 1. The zero-order valence-corrected chi connectivity index (χ0v) is 9.62. The van der Waals surface area contributed by atoms with Gasteiger partial charge in [0, 0.05) is 31.6 Å². The van der Waals surface area contributed by atoms with Crippen molar-refractivity contribution in [3.63, 3.8) is 0 Å². The van der Waals surface area contributed by atoms with E-state index in [-0.39, 0.29) is 6.61 Å². The van der Waals surface area contributed by atoms with Crippen LogP contribution in [-0.4, -0.2) is 30.5 Å². The predicted octanol–water partition coefficient (Wildman–Crippen LogP) is 2.30. The highest BCUT2D eigenvalue weighted by Gasteiger charge is 2.33. The molecule has 1 aliphatic rings. The van der Waals surface area contributed by atoms with Crippen molar-refractivity contribution in [2.45, 2.75) is 25.4 Å². The first-order valence-corrected chi connectivity index (χ1v) is 5.74. The van der Waals surface area contributed by atoms with Gasteiger partial charge in [-0.05, 0) is 19.1 Å². The summed E-state index contributed by atoms with van der Waals surface area (Å²) in [6, 6.07) is 8.27. The second-order valence-electron chi connectivity index (χ2n) is 4.63. The zero-order chi connectivity index (χ0) is 11.6. The van der Waals surface area contributed by atoms with Crippen molar-refractivity contribution in [2.24, 2.45) is 0 Å². The quantitative estimate of drug-likeness (QED) is 0.831. The van der Waals surface area contributed by atoms with Crippen LogP contribution in [0, 0.1) is 6.92 Å². The van der Waals surface area contributed by atoms with Gasteiger partial charge < -0.3 is 10.0 Å². The molecule has 0 atom stereocenters. The summed E-state index contributed by atoms with van der Waals surface area (Å²) in [5.41, 5.74) is 1.02. The lowest BCUT2D eigenvalue weighted by atomic mass is 9.94. The van der Waals surface area contributed by atoms with E-state index in [1.807, 2.05) is 0 Å². The Morgan fingerprint density at radius 1 is 1.25 bits per heavy atom. The van der Waals surface area contributed by atoms with Crippen molar-refractivity contribution >= 4 is 5.69 Å². The Balaban J connectivity index is 2.01. The molecule has 0 spiro atoms. The van der Waals surface area contributed by atoms with Crippen molar-refractivity contribution in [2.75, 3.05) is 24.6 Å². The highest BCUT2D eigenvalue weighted by atomic mass is 19.1. The topological polar surface area (TPSA) is 23.5 Å². The average Bonchev–Trinajstić information content (AvgIpc) is 2.32. The molecule has 0 aromatic heterocycles. The summed E-state index contributed by atoms with van der Waals surface area (Å²) < 4.78 is 13.8. The molecule has 1 aromatic rings. The molecule has 2 rings (SSSR count). The molecule has 0 unspecified atom stereocenters. The first-order chi connectivity index (χ1) is 7.63. The Morgan fingerprint density at radius 2 is 1.81 bits per heavy atom. The van der Waals surface area contributed by atoms with E-state index in [1.165, 1.54) is 5.56 Å². The molecular formula is C13H18FNO. The van der Waals surface area contributed by atoms with E-state index < -0.39 is 5.67 Å². The van der Waals surface area contributed by atoms with Gasteiger partial charge in [-0.1, -0.05) is 17.7 Å². The zero-order valence-electron chi connectivity index (χ0n) is 9.62. The number of hydrogen-bond donors (Lipinski definition) is 1. The Hall–Kier alpha value is -1.09. The summed E-state index contributed by atoms with van der Waals surface area (Å²) in [6.07, 6.45) is 0.828. The Bertz CT molecular complexity index is 341. The summed E-state index contributed by atoms with van der Waals surface area (Å²) in [4.78, 5) is 2.17. The van der Waals surface area contributed by atoms with Gasteiger partial charge in [0.25, 0.3) is 0 Å². The first-order valence-electron chi connectivity index (χ1n) is 5.74. The summed E-state index contributed by atoms with van der Waals surface area (Å²) in [6.45, 7) is 3.06. The molecule has 2 nitrogen and oxygen atoms in total. The standard InChI is InChI=1S/C13H18FNO/c1-11-2-4-12(5-3-11)15-8-6-13(14,10-16)7-9-15/h2-5,16H,6-10H2,1H3. The number of benzene rings is 1. The molecule has 1 aliphatic heterocycles. The van der Waals surface area contributed by atoms with E-state index >= 15 is 0 Å². The smallest absolute Gasteiger partial charge is 0.137 e. The minimum atomic E-state index is -1.36. The SMILES string of the molecule is Cc1ccc(N2CCC(F)(CO)CC2)cc1. The maximum Gasteiger partial charge on any atom is 0.137 e. The number of halogens is 1. The van der Waals surface area contributed by atoms with Gasteiger partial charge in [-0.15, -0.1) is 0 Å². The minimum absolute atomic E-state index is 0.352. The van der Waals surface area contributed by atoms with Gasteiger partial charge in [-0.2, -0.15) is 0 Å². The molecule has 0 amide bonds. The molecule has 0 saturated carbocycles. The maximum atomic E-state index is 13.8. The van der Waals surface area contributed by atoms with Crippen LogP contribution in [-0.2, 0) is 0 Å². The van der Waals surface area contributed by atoms with Crippen molar-refractivity contribution in [3.05, 3.63) is 29.8 Å². The number of alkyl halides is 1. The van der Waals surface area contributed by atoms with Crippen molar-refractivity contribution < 1.29 is 9.50 Å². The molecular weight excluding hydrogens is 205 g/mol. The van der Waals surface area contributed by atoms with Gasteiger partial charge in [0.1, 0.15) is 5.67 Å². The van der Waals surface area contributed by atoms with Crippen LogP contribution in [0.4, 0.5) is 10.1 Å². The molecule has 0 aliphatic carbocycles. The first kappa shape index (κ1) is 11.4. The number of hydrogen-bond acceptors (Lipinski definition) is 2. The van der Waals surface area contributed by atoms with E-state index in [0.29, 0.717) is 25.9 Å². The summed E-state index contributed by atoms with van der Waals surface area (Å²) in [7, 11) is 0. The van der Waals surface area contributed by atoms with E-state index in [9.17, 15) is 4.39 Å². The van der Waals surface area contributed by atoms with E-state index in [2.05, 4.69) is 36.1 Å². The molecule has 0 radical (unpaired) electrons. The lowest BCUT2D eigenvalue weighted by Gasteiger charge is -2.36. The fourth-order valence-corrected chi connectivity index (χ4v) is 2.08. The van der Waals surface area contributed by atoms with Gasteiger partial charge in [0.05, 0.1) is 6.61 Å². The lowest BCUT2D eigenvalue weighted by molar-refractivity contribution is 0.0481. The minimum Gasteiger partial charge on any atom is -0.393 e. The number of aliphatic hydroxyl groups is 1.